The zero-order valence-electron chi connectivity index (χ0n) is 19.8. The molecule has 3 aliphatic rings. The van der Waals surface area contributed by atoms with Crippen molar-refractivity contribution in [3.05, 3.63) is 54.1 Å². The smallest absolute Gasteiger partial charge is 0.261 e. The van der Waals surface area contributed by atoms with E-state index in [4.69, 9.17) is 14.3 Å². The molecule has 3 fully saturated rings. The van der Waals surface area contributed by atoms with Gasteiger partial charge in [-0.15, -0.1) is 0 Å². The van der Waals surface area contributed by atoms with Gasteiger partial charge in [-0.05, 0) is 55.0 Å². The standard InChI is InChI=1S/C27H32N2O5/c1-32-21-14-13-18(17-22(21)33-2)15-16-28-26(30)23-24(19-9-5-3-6-10-19)29(34-25(23)27(28)31)20-11-7-4-8-12-20/h4,7-8,11-14,17,19,23-25H,3,5-6,9-10,15-16H2,1-2H3/t23-,24-,25+/m1/s1. The van der Waals surface area contributed by atoms with Crippen molar-refractivity contribution in [1.82, 2.24) is 4.90 Å². The highest BCUT2D eigenvalue weighted by Gasteiger charge is 2.60. The molecule has 0 radical (unpaired) electrons. The third-order valence-electron chi connectivity index (χ3n) is 7.47. The van der Waals surface area contributed by atoms with Crippen molar-refractivity contribution >= 4 is 17.5 Å². The highest BCUT2D eigenvalue weighted by molar-refractivity contribution is 6.07. The first kappa shape index (κ1) is 22.7. The SMILES string of the molecule is COc1ccc(CCN2C(=O)[C@H]3[C@H](ON(c4ccccc4)[C@@H]3C3CCCCC3)C2=O)cc1OC. The molecule has 1 saturated carbocycles. The number of anilines is 1. The molecule has 2 aliphatic heterocycles. The van der Waals surface area contributed by atoms with Gasteiger partial charge in [0.25, 0.3) is 5.91 Å². The summed E-state index contributed by atoms with van der Waals surface area (Å²) in [6.07, 6.45) is 5.48. The first-order valence-electron chi connectivity index (χ1n) is 12.2. The normalized spacial score (nSPS) is 25.1. The number of methoxy groups -OCH3 is 2. The molecule has 0 aromatic heterocycles. The van der Waals surface area contributed by atoms with E-state index in [0.29, 0.717) is 30.4 Å². The second-order valence-electron chi connectivity index (χ2n) is 9.37. The van der Waals surface area contributed by atoms with Crippen LogP contribution in [0.2, 0.25) is 0 Å². The quantitative estimate of drug-likeness (QED) is 0.577. The van der Waals surface area contributed by atoms with Gasteiger partial charge in [-0.3, -0.25) is 19.3 Å². The number of nitrogens with zero attached hydrogens (tertiary/aromatic N) is 2. The molecular weight excluding hydrogens is 432 g/mol. The summed E-state index contributed by atoms with van der Waals surface area (Å²) in [6, 6.07) is 15.4. The highest BCUT2D eigenvalue weighted by Crippen LogP contribution is 2.45. The molecule has 2 heterocycles. The summed E-state index contributed by atoms with van der Waals surface area (Å²) in [5.74, 6) is 0.834. The van der Waals surface area contributed by atoms with Crippen LogP contribution in [-0.2, 0) is 20.8 Å². The van der Waals surface area contributed by atoms with Crippen molar-refractivity contribution in [2.75, 3.05) is 25.8 Å². The predicted octanol–water partition coefficient (Wildman–Crippen LogP) is 4.00. The second kappa shape index (κ2) is 9.66. The molecule has 0 bridgehead atoms. The molecule has 34 heavy (non-hydrogen) atoms. The lowest BCUT2D eigenvalue weighted by Crippen LogP contribution is -2.45. The van der Waals surface area contributed by atoms with Gasteiger partial charge in [-0.1, -0.05) is 43.5 Å². The van der Waals surface area contributed by atoms with Gasteiger partial charge < -0.3 is 9.47 Å². The number of imide groups is 1. The minimum Gasteiger partial charge on any atom is -0.493 e. The van der Waals surface area contributed by atoms with Crippen LogP contribution in [-0.4, -0.2) is 49.6 Å². The van der Waals surface area contributed by atoms with Crippen LogP contribution in [0.25, 0.3) is 0 Å². The lowest BCUT2D eigenvalue weighted by molar-refractivity contribution is -0.143. The molecule has 2 aromatic carbocycles. The van der Waals surface area contributed by atoms with Crippen LogP contribution < -0.4 is 14.5 Å². The molecule has 0 spiro atoms. The van der Waals surface area contributed by atoms with Crippen molar-refractivity contribution < 1.29 is 23.9 Å². The monoisotopic (exact) mass is 464 g/mol. The van der Waals surface area contributed by atoms with Crippen molar-refractivity contribution in [1.29, 1.82) is 0 Å². The number of amides is 2. The van der Waals surface area contributed by atoms with Crippen LogP contribution in [0.1, 0.15) is 37.7 Å². The Balaban J connectivity index is 1.36. The fraction of sp³-hybridized carbons (Fsp3) is 0.481. The number of para-hydroxylation sites is 1. The summed E-state index contributed by atoms with van der Waals surface area (Å²) < 4.78 is 10.7. The van der Waals surface area contributed by atoms with Gasteiger partial charge in [0, 0.05) is 6.54 Å². The number of fused-ring (bicyclic) bond motifs is 1. The minimum absolute atomic E-state index is 0.107. The lowest BCUT2D eigenvalue weighted by Gasteiger charge is -2.35. The average Bonchev–Trinajstić information content (AvgIpc) is 3.39. The maximum atomic E-state index is 13.6. The average molecular weight is 465 g/mol. The number of hydrogen-bond acceptors (Lipinski definition) is 6. The zero-order chi connectivity index (χ0) is 23.7. The maximum absolute atomic E-state index is 13.6. The van der Waals surface area contributed by atoms with E-state index in [0.717, 1.165) is 36.9 Å². The number of benzene rings is 2. The van der Waals surface area contributed by atoms with E-state index in [9.17, 15) is 9.59 Å². The van der Waals surface area contributed by atoms with Gasteiger partial charge in [0.1, 0.15) is 0 Å². The third-order valence-corrected chi connectivity index (χ3v) is 7.47. The van der Waals surface area contributed by atoms with Crippen molar-refractivity contribution in [3.63, 3.8) is 0 Å². The Kier molecular flexibility index (Phi) is 6.46. The first-order valence-corrected chi connectivity index (χ1v) is 12.2. The number of ether oxygens (including phenoxy) is 2. The summed E-state index contributed by atoms with van der Waals surface area (Å²) in [7, 11) is 3.19. The van der Waals surface area contributed by atoms with Gasteiger partial charge >= 0.3 is 0 Å². The highest BCUT2D eigenvalue weighted by atomic mass is 16.7. The third kappa shape index (κ3) is 4.02. The van der Waals surface area contributed by atoms with Crippen LogP contribution in [0.5, 0.6) is 11.5 Å². The molecule has 5 rings (SSSR count). The Labute approximate surface area is 200 Å². The molecule has 180 valence electrons. The Bertz CT molecular complexity index is 1040. The topological polar surface area (TPSA) is 68.3 Å². The van der Waals surface area contributed by atoms with Gasteiger partial charge in [-0.25, -0.2) is 5.06 Å². The van der Waals surface area contributed by atoms with E-state index in [1.54, 1.807) is 14.2 Å². The molecule has 7 nitrogen and oxygen atoms in total. The Morgan fingerprint density at radius 2 is 1.65 bits per heavy atom. The fourth-order valence-electron chi connectivity index (χ4n) is 5.77. The van der Waals surface area contributed by atoms with Gasteiger partial charge in [0.05, 0.1) is 31.9 Å². The Hall–Kier alpha value is -3.06. The van der Waals surface area contributed by atoms with Crippen LogP contribution in [0.3, 0.4) is 0 Å². The van der Waals surface area contributed by atoms with Gasteiger partial charge in [-0.2, -0.15) is 0 Å². The van der Waals surface area contributed by atoms with Crippen molar-refractivity contribution in [2.45, 2.75) is 50.7 Å². The molecular formula is C27H32N2O5. The molecule has 2 saturated heterocycles. The van der Waals surface area contributed by atoms with E-state index >= 15 is 0 Å². The molecule has 7 heteroatoms. The van der Waals surface area contributed by atoms with Crippen LogP contribution in [0.4, 0.5) is 5.69 Å². The van der Waals surface area contributed by atoms with E-state index in [1.807, 2.05) is 53.6 Å². The molecule has 0 N–H and O–H groups in total. The van der Waals surface area contributed by atoms with Crippen LogP contribution >= 0.6 is 0 Å². The largest absolute Gasteiger partial charge is 0.493 e. The van der Waals surface area contributed by atoms with E-state index < -0.39 is 12.0 Å². The molecule has 3 atom stereocenters. The number of likely N-dealkylation sites (tertiary alicyclic amines) is 1. The maximum Gasteiger partial charge on any atom is 0.261 e. The van der Waals surface area contributed by atoms with Crippen LogP contribution in [0, 0.1) is 11.8 Å². The van der Waals surface area contributed by atoms with Crippen molar-refractivity contribution in [3.8, 4) is 11.5 Å². The molecule has 0 unspecified atom stereocenters. The lowest BCUT2D eigenvalue weighted by atomic mass is 9.77. The Morgan fingerprint density at radius 3 is 2.35 bits per heavy atom. The number of carbonyl (C=O) groups is 2. The first-order chi connectivity index (χ1) is 16.6. The zero-order valence-corrected chi connectivity index (χ0v) is 19.8. The number of carbonyl (C=O) groups excluding carboxylic acids is 2. The van der Waals surface area contributed by atoms with Crippen LogP contribution in [0.15, 0.2) is 48.5 Å². The molecule has 1 aliphatic carbocycles. The van der Waals surface area contributed by atoms with E-state index in [2.05, 4.69) is 0 Å². The summed E-state index contributed by atoms with van der Waals surface area (Å²) in [5.41, 5.74) is 1.89. The summed E-state index contributed by atoms with van der Waals surface area (Å²) in [4.78, 5) is 34.6. The molecule has 2 aromatic rings. The molecule has 2 amide bonds. The van der Waals surface area contributed by atoms with E-state index in [-0.39, 0.29) is 17.9 Å². The van der Waals surface area contributed by atoms with E-state index in [1.165, 1.54) is 11.3 Å². The minimum atomic E-state index is -0.745. The fourth-order valence-corrected chi connectivity index (χ4v) is 5.77. The van der Waals surface area contributed by atoms with Gasteiger partial charge in [0.15, 0.2) is 17.6 Å². The number of hydroxylamine groups is 1. The number of rotatable bonds is 7. The summed E-state index contributed by atoms with van der Waals surface area (Å²) >= 11 is 0. The predicted molar refractivity (Wildman–Crippen MR) is 128 cm³/mol. The summed E-state index contributed by atoms with van der Waals surface area (Å²) in [5, 5.41) is 1.87. The van der Waals surface area contributed by atoms with Gasteiger partial charge in [0.2, 0.25) is 5.91 Å². The van der Waals surface area contributed by atoms with Crippen molar-refractivity contribution in [2.24, 2.45) is 11.8 Å². The Morgan fingerprint density at radius 1 is 0.912 bits per heavy atom. The number of hydrogen-bond donors (Lipinski definition) is 0. The second-order valence-corrected chi connectivity index (χ2v) is 9.37. The summed E-state index contributed by atoms with van der Waals surface area (Å²) in [6.45, 7) is 0.326.